The molecule has 1 amide bonds. The van der Waals surface area contributed by atoms with Gasteiger partial charge in [0.05, 0.1) is 25.4 Å². The lowest BCUT2D eigenvalue weighted by atomic mass is 10.1. The minimum Gasteiger partial charge on any atom is -0.444 e. The fourth-order valence-electron chi connectivity index (χ4n) is 4.08. The highest BCUT2D eigenvalue weighted by Crippen LogP contribution is 2.71. The second-order valence-corrected chi connectivity index (χ2v) is 14.0. The number of carbonyl (C=O) groups is 1. The van der Waals surface area contributed by atoms with Crippen LogP contribution in [-0.4, -0.2) is 41.8 Å². The first kappa shape index (κ1) is 25.6. The van der Waals surface area contributed by atoms with Gasteiger partial charge in [-0.15, -0.1) is 0 Å². The van der Waals surface area contributed by atoms with Crippen LogP contribution in [0.1, 0.15) is 54.4 Å². The van der Waals surface area contributed by atoms with E-state index in [0.29, 0.717) is 13.2 Å². The van der Waals surface area contributed by atoms with Crippen molar-refractivity contribution in [2.24, 2.45) is 0 Å². The zero-order valence-electron chi connectivity index (χ0n) is 20.8. The molecule has 0 aromatic heterocycles. The van der Waals surface area contributed by atoms with Gasteiger partial charge < -0.3 is 19.0 Å². The lowest BCUT2D eigenvalue weighted by molar-refractivity contribution is -0.0268. The topological polar surface area (TPSA) is 56.8 Å². The molecular weight excluding hydrogens is 434 g/mol. The zero-order valence-corrected chi connectivity index (χ0v) is 21.6. The Kier molecular flexibility index (Phi) is 8.14. The van der Waals surface area contributed by atoms with E-state index in [-0.39, 0.29) is 16.9 Å². The van der Waals surface area contributed by atoms with Gasteiger partial charge in [-0.05, 0) is 78.6 Å². The average Bonchev–Trinajstić information content (AvgIpc) is 2.74. The van der Waals surface area contributed by atoms with Crippen molar-refractivity contribution >= 4 is 16.4 Å². The number of amides is 1. The van der Waals surface area contributed by atoms with Crippen molar-refractivity contribution in [1.82, 2.24) is 5.32 Å². The summed E-state index contributed by atoms with van der Waals surface area (Å²) < 4.78 is 18.3. The van der Waals surface area contributed by atoms with Gasteiger partial charge in [-0.25, -0.2) is 4.79 Å². The van der Waals surface area contributed by atoms with Gasteiger partial charge in [-0.3, -0.25) is 0 Å². The first-order valence-corrected chi connectivity index (χ1v) is 13.3. The lowest BCUT2D eigenvalue weighted by Crippen LogP contribution is -2.45. The third-order valence-corrected chi connectivity index (χ3v) is 9.62. The molecule has 0 spiro atoms. The Hall–Kier alpha value is -2.02. The Morgan fingerprint density at radius 1 is 0.939 bits per heavy atom. The highest BCUT2D eigenvalue weighted by molar-refractivity contribution is 8.31. The van der Waals surface area contributed by atoms with Crippen molar-refractivity contribution < 1.29 is 18.5 Å². The summed E-state index contributed by atoms with van der Waals surface area (Å²) in [5.74, 6) is 0. The highest BCUT2D eigenvalue weighted by atomic mass is 32.3. The summed E-state index contributed by atoms with van der Waals surface area (Å²) in [6.45, 7) is 13.3. The van der Waals surface area contributed by atoms with Crippen LogP contribution < -0.4 is 5.32 Å². The molecule has 182 valence electrons. The quantitative estimate of drug-likeness (QED) is 0.506. The standard InChI is InChI=1S/C27H39NO4S/c1-26(2,3)32-25(29)28-21-17-18-22(30-19-21)20-31-33(27(4,5)6,23-13-9-7-10-14-23)24-15-11-8-12-16-24/h7-16,21-22H,17-20H2,1-6H3,(H,28,29). The van der Waals surface area contributed by atoms with E-state index in [2.05, 4.69) is 74.6 Å². The zero-order chi connectivity index (χ0) is 24.1. The number of nitrogens with one attached hydrogen (secondary N) is 1. The van der Waals surface area contributed by atoms with Crippen LogP contribution in [0.4, 0.5) is 4.79 Å². The van der Waals surface area contributed by atoms with Crippen LogP contribution in [0.25, 0.3) is 0 Å². The van der Waals surface area contributed by atoms with Crippen LogP contribution >= 0.6 is 10.3 Å². The van der Waals surface area contributed by atoms with Gasteiger partial charge in [0.25, 0.3) is 0 Å². The molecule has 2 aromatic carbocycles. The van der Waals surface area contributed by atoms with Crippen LogP contribution in [0.15, 0.2) is 70.5 Å². The van der Waals surface area contributed by atoms with Crippen molar-refractivity contribution in [2.45, 2.75) is 86.7 Å². The van der Waals surface area contributed by atoms with Crippen molar-refractivity contribution in [2.75, 3.05) is 13.2 Å². The SMILES string of the molecule is CC(C)(C)OC(=O)NC1CCC(COS(c2ccccc2)(c2ccccc2)C(C)(C)C)OC1. The molecule has 2 unspecified atom stereocenters. The predicted molar refractivity (Wildman–Crippen MR) is 135 cm³/mol. The molecule has 0 bridgehead atoms. The van der Waals surface area contributed by atoms with Gasteiger partial charge in [-0.2, -0.15) is 0 Å². The summed E-state index contributed by atoms with van der Waals surface area (Å²) in [4.78, 5) is 14.5. The number of benzene rings is 2. The minimum absolute atomic E-state index is 0.0108. The summed E-state index contributed by atoms with van der Waals surface area (Å²) in [7, 11) is -1.79. The molecule has 1 heterocycles. The molecular formula is C27H39NO4S. The van der Waals surface area contributed by atoms with E-state index in [1.54, 1.807) is 0 Å². The Bertz CT molecular complexity index is 842. The molecule has 5 nitrogen and oxygen atoms in total. The van der Waals surface area contributed by atoms with E-state index in [1.807, 2.05) is 32.9 Å². The maximum absolute atomic E-state index is 12.1. The van der Waals surface area contributed by atoms with Gasteiger partial charge in [0.1, 0.15) is 5.60 Å². The molecule has 1 N–H and O–H groups in total. The van der Waals surface area contributed by atoms with E-state index in [4.69, 9.17) is 13.7 Å². The van der Waals surface area contributed by atoms with Crippen molar-refractivity contribution in [3.63, 3.8) is 0 Å². The van der Waals surface area contributed by atoms with E-state index >= 15 is 0 Å². The first-order chi connectivity index (χ1) is 15.5. The molecule has 1 fully saturated rings. The van der Waals surface area contributed by atoms with E-state index in [1.165, 1.54) is 9.79 Å². The molecule has 6 heteroatoms. The monoisotopic (exact) mass is 473 g/mol. The molecule has 3 rings (SSSR count). The lowest BCUT2D eigenvalue weighted by Gasteiger charge is -2.51. The van der Waals surface area contributed by atoms with Gasteiger partial charge in [0.2, 0.25) is 0 Å². The fraction of sp³-hybridized carbons (Fsp3) is 0.519. The molecule has 0 saturated carbocycles. The van der Waals surface area contributed by atoms with Crippen LogP contribution in [0.3, 0.4) is 0 Å². The number of hydrogen-bond acceptors (Lipinski definition) is 4. The summed E-state index contributed by atoms with van der Waals surface area (Å²) in [6.07, 6.45) is 1.25. The average molecular weight is 474 g/mol. The number of ether oxygens (including phenoxy) is 2. The Morgan fingerprint density at radius 3 is 1.91 bits per heavy atom. The second kappa shape index (κ2) is 10.5. The third-order valence-electron chi connectivity index (χ3n) is 5.53. The minimum atomic E-state index is -1.79. The maximum atomic E-state index is 12.1. The van der Waals surface area contributed by atoms with E-state index in [9.17, 15) is 4.79 Å². The molecule has 0 radical (unpaired) electrons. The Labute approximate surface area is 200 Å². The van der Waals surface area contributed by atoms with Gasteiger partial charge in [-0.1, -0.05) is 46.7 Å². The largest absolute Gasteiger partial charge is 0.444 e. The van der Waals surface area contributed by atoms with Crippen LogP contribution in [-0.2, 0) is 13.7 Å². The number of hydrogen-bond donors (Lipinski definition) is 1. The normalized spacial score (nSPS) is 20.2. The van der Waals surface area contributed by atoms with Crippen molar-refractivity contribution in [1.29, 1.82) is 0 Å². The third kappa shape index (κ3) is 6.52. The summed E-state index contributed by atoms with van der Waals surface area (Å²) >= 11 is 0. The van der Waals surface area contributed by atoms with Crippen LogP contribution in [0.2, 0.25) is 0 Å². The molecule has 33 heavy (non-hydrogen) atoms. The highest BCUT2D eigenvalue weighted by Gasteiger charge is 2.42. The van der Waals surface area contributed by atoms with E-state index < -0.39 is 22.0 Å². The fourth-order valence-corrected chi connectivity index (χ4v) is 7.83. The van der Waals surface area contributed by atoms with Gasteiger partial charge >= 0.3 is 6.09 Å². The molecule has 0 aliphatic carbocycles. The first-order valence-electron chi connectivity index (χ1n) is 11.7. The summed E-state index contributed by atoms with van der Waals surface area (Å²) in [6, 6.07) is 21.1. The molecule has 2 aromatic rings. The van der Waals surface area contributed by atoms with Crippen molar-refractivity contribution in [3.05, 3.63) is 60.7 Å². The van der Waals surface area contributed by atoms with Crippen LogP contribution in [0.5, 0.6) is 0 Å². The van der Waals surface area contributed by atoms with Gasteiger partial charge in [0.15, 0.2) is 0 Å². The molecule has 1 saturated heterocycles. The number of carbonyl (C=O) groups excluding carboxylic acids is 1. The smallest absolute Gasteiger partial charge is 0.407 e. The molecule has 1 aliphatic heterocycles. The summed E-state index contributed by atoms with van der Waals surface area (Å²) in [5.41, 5.74) is -0.510. The Balaban J connectivity index is 1.71. The van der Waals surface area contributed by atoms with E-state index in [0.717, 1.165) is 12.8 Å². The maximum Gasteiger partial charge on any atom is 0.407 e. The van der Waals surface area contributed by atoms with Gasteiger partial charge in [0, 0.05) is 14.5 Å². The second-order valence-electron chi connectivity index (χ2n) is 10.5. The van der Waals surface area contributed by atoms with Crippen molar-refractivity contribution in [3.8, 4) is 0 Å². The summed E-state index contributed by atoms with van der Waals surface area (Å²) in [5, 5.41) is 2.92. The molecule has 1 aliphatic rings. The Morgan fingerprint density at radius 2 is 1.48 bits per heavy atom. The number of alkyl carbamates (subject to hydrolysis) is 1. The molecule has 2 atom stereocenters. The number of rotatable bonds is 6. The predicted octanol–water partition coefficient (Wildman–Crippen LogP) is 6.71. The van der Waals surface area contributed by atoms with Crippen LogP contribution in [0, 0.1) is 0 Å².